The average Bonchev–Trinajstić information content (AvgIpc) is 2.98. The van der Waals surface area contributed by atoms with Crippen LogP contribution < -0.4 is 4.74 Å². The van der Waals surface area contributed by atoms with Crippen LogP contribution in [0.2, 0.25) is 5.02 Å². The van der Waals surface area contributed by atoms with Gasteiger partial charge in [0.1, 0.15) is 11.6 Å². The SMILES string of the molecule is CCCCCCOc1ccc(Cn2c(C)nc3ccc(C(=O)O)cc32)c(Cl)c1. The van der Waals surface area contributed by atoms with Gasteiger partial charge in [-0.1, -0.05) is 43.9 Å². The van der Waals surface area contributed by atoms with Crippen molar-refractivity contribution in [2.75, 3.05) is 6.61 Å². The lowest BCUT2D eigenvalue weighted by atomic mass is 10.2. The Labute approximate surface area is 169 Å². The Morgan fingerprint density at radius 1 is 1.18 bits per heavy atom. The first kappa shape index (κ1) is 20.2. The molecule has 2 aromatic carbocycles. The third-order valence-corrected chi connectivity index (χ3v) is 5.16. The molecule has 0 saturated heterocycles. The van der Waals surface area contributed by atoms with Gasteiger partial charge in [-0.05, 0) is 49.2 Å². The van der Waals surface area contributed by atoms with E-state index in [9.17, 15) is 9.90 Å². The van der Waals surface area contributed by atoms with Gasteiger partial charge in [-0.3, -0.25) is 0 Å². The van der Waals surface area contributed by atoms with E-state index >= 15 is 0 Å². The number of hydrogen-bond donors (Lipinski definition) is 1. The van der Waals surface area contributed by atoms with Crippen LogP contribution in [0.1, 0.15) is 54.4 Å². The Bertz CT molecular complexity index is 981. The molecule has 0 aliphatic carbocycles. The van der Waals surface area contributed by atoms with Crippen molar-refractivity contribution < 1.29 is 14.6 Å². The summed E-state index contributed by atoms with van der Waals surface area (Å²) in [5.41, 5.74) is 2.73. The van der Waals surface area contributed by atoms with E-state index in [4.69, 9.17) is 16.3 Å². The van der Waals surface area contributed by atoms with Crippen molar-refractivity contribution in [2.24, 2.45) is 0 Å². The van der Waals surface area contributed by atoms with Gasteiger partial charge < -0.3 is 14.4 Å². The van der Waals surface area contributed by atoms with Crippen LogP contribution in [0.4, 0.5) is 0 Å². The third-order valence-electron chi connectivity index (χ3n) is 4.81. The summed E-state index contributed by atoms with van der Waals surface area (Å²) in [6, 6.07) is 10.7. The first-order chi connectivity index (χ1) is 13.5. The van der Waals surface area contributed by atoms with Crippen molar-refractivity contribution in [3.8, 4) is 5.75 Å². The Morgan fingerprint density at radius 2 is 2.00 bits per heavy atom. The summed E-state index contributed by atoms with van der Waals surface area (Å²) in [5.74, 6) is 0.626. The van der Waals surface area contributed by atoms with Gasteiger partial charge >= 0.3 is 5.97 Å². The van der Waals surface area contributed by atoms with Gasteiger partial charge in [-0.15, -0.1) is 0 Å². The highest BCUT2D eigenvalue weighted by molar-refractivity contribution is 6.31. The molecule has 0 fully saturated rings. The van der Waals surface area contributed by atoms with Gasteiger partial charge in [0.25, 0.3) is 0 Å². The summed E-state index contributed by atoms with van der Waals surface area (Å²) < 4.78 is 7.77. The molecule has 0 spiro atoms. The summed E-state index contributed by atoms with van der Waals surface area (Å²) in [7, 11) is 0. The van der Waals surface area contributed by atoms with E-state index in [-0.39, 0.29) is 5.56 Å². The van der Waals surface area contributed by atoms with Crippen LogP contribution in [-0.2, 0) is 6.54 Å². The first-order valence-corrected chi connectivity index (χ1v) is 9.98. The van der Waals surface area contributed by atoms with E-state index in [0.29, 0.717) is 18.2 Å². The number of carboxylic acids is 1. The van der Waals surface area contributed by atoms with Crippen molar-refractivity contribution in [1.82, 2.24) is 9.55 Å². The molecule has 5 nitrogen and oxygen atoms in total. The topological polar surface area (TPSA) is 64.4 Å². The molecule has 0 bridgehead atoms. The highest BCUT2D eigenvalue weighted by Crippen LogP contribution is 2.26. The maximum Gasteiger partial charge on any atom is 0.335 e. The van der Waals surface area contributed by atoms with Crippen molar-refractivity contribution in [3.05, 3.63) is 58.4 Å². The number of carbonyl (C=O) groups is 1. The van der Waals surface area contributed by atoms with Gasteiger partial charge in [-0.2, -0.15) is 0 Å². The molecular weight excluding hydrogens is 376 g/mol. The number of unbranched alkanes of at least 4 members (excludes halogenated alkanes) is 3. The highest BCUT2D eigenvalue weighted by Gasteiger charge is 2.13. The first-order valence-electron chi connectivity index (χ1n) is 9.61. The Balaban J connectivity index is 1.77. The van der Waals surface area contributed by atoms with E-state index in [2.05, 4.69) is 11.9 Å². The fourth-order valence-corrected chi connectivity index (χ4v) is 3.44. The molecule has 0 unspecified atom stereocenters. The molecule has 6 heteroatoms. The zero-order valence-electron chi connectivity index (χ0n) is 16.2. The fourth-order valence-electron chi connectivity index (χ4n) is 3.21. The molecular formula is C22H25ClN2O3. The molecule has 0 amide bonds. The second-order valence-corrected chi connectivity index (χ2v) is 7.32. The number of carboxylic acid groups (broad SMARTS) is 1. The van der Waals surface area contributed by atoms with Crippen molar-refractivity contribution >= 4 is 28.6 Å². The van der Waals surface area contributed by atoms with Crippen molar-refractivity contribution in [3.63, 3.8) is 0 Å². The molecule has 148 valence electrons. The summed E-state index contributed by atoms with van der Waals surface area (Å²) in [6.07, 6.45) is 4.65. The van der Waals surface area contributed by atoms with Crippen LogP contribution >= 0.6 is 11.6 Å². The van der Waals surface area contributed by atoms with Crippen LogP contribution in [0.5, 0.6) is 5.75 Å². The third kappa shape index (κ3) is 4.65. The van der Waals surface area contributed by atoms with Gasteiger partial charge in [0.15, 0.2) is 0 Å². The lowest BCUT2D eigenvalue weighted by Crippen LogP contribution is -2.04. The number of rotatable bonds is 9. The van der Waals surface area contributed by atoms with Gasteiger partial charge in [0.2, 0.25) is 0 Å². The molecule has 0 radical (unpaired) electrons. The molecule has 0 saturated carbocycles. The predicted octanol–water partition coefficient (Wildman–Crippen LogP) is 5.70. The number of halogens is 1. The minimum Gasteiger partial charge on any atom is -0.494 e. The zero-order chi connectivity index (χ0) is 20.1. The monoisotopic (exact) mass is 400 g/mol. The number of benzene rings is 2. The number of aryl methyl sites for hydroxylation is 1. The average molecular weight is 401 g/mol. The van der Waals surface area contributed by atoms with Crippen LogP contribution in [-0.4, -0.2) is 27.2 Å². The molecule has 0 aliphatic rings. The van der Waals surface area contributed by atoms with Gasteiger partial charge in [0, 0.05) is 5.02 Å². The zero-order valence-corrected chi connectivity index (χ0v) is 17.0. The van der Waals surface area contributed by atoms with Gasteiger partial charge in [0.05, 0.1) is 29.7 Å². The molecule has 1 aromatic heterocycles. The minimum absolute atomic E-state index is 0.242. The highest BCUT2D eigenvalue weighted by atomic mass is 35.5. The fraction of sp³-hybridized carbons (Fsp3) is 0.364. The Kier molecular flexibility index (Phi) is 6.57. The number of nitrogens with zero attached hydrogens (tertiary/aromatic N) is 2. The van der Waals surface area contributed by atoms with Crippen molar-refractivity contribution in [2.45, 2.75) is 46.1 Å². The van der Waals surface area contributed by atoms with Crippen molar-refractivity contribution in [1.29, 1.82) is 0 Å². The van der Waals surface area contributed by atoms with Gasteiger partial charge in [-0.25, -0.2) is 9.78 Å². The molecule has 0 atom stereocenters. The number of imidazole rings is 1. The number of ether oxygens (including phenoxy) is 1. The molecule has 1 N–H and O–H groups in total. The second-order valence-electron chi connectivity index (χ2n) is 6.92. The Morgan fingerprint density at radius 3 is 2.71 bits per heavy atom. The van der Waals surface area contributed by atoms with Crippen LogP contribution in [0.25, 0.3) is 11.0 Å². The largest absolute Gasteiger partial charge is 0.494 e. The maximum atomic E-state index is 11.3. The molecule has 28 heavy (non-hydrogen) atoms. The predicted molar refractivity (Wildman–Crippen MR) is 112 cm³/mol. The number of aromatic carboxylic acids is 1. The summed E-state index contributed by atoms with van der Waals surface area (Å²) in [6.45, 7) is 5.30. The lowest BCUT2D eigenvalue weighted by Gasteiger charge is -2.12. The normalized spacial score (nSPS) is 11.1. The number of aromatic nitrogens is 2. The molecule has 3 aromatic rings. The molecule has 3 rings (SSSR count). The van der Waals surface area contributed by atoms with E-state index in [1.54, 1.807) is 18.2 Å². The molecule has 0 aliphatic heterocycles. The summed E-state index contributed by atoms with van der Waals surface area (Å²) >= 11 is 6.49. The van der Waals surface area contributed by atoms with E-state index in [1.165, 1.54) is 19.3 Å². The number of fused-ring (bicyclic) bond motifs is 1. The smallest absolute Gasteiger partial charge is 0.335 e. The summed E-state index contributed by atoms with van der Waals surface area (Å²) in [5, 5.41) is 9.89. The van der Waals surface area contributed by atoms with Crippen LogP contribution in [0.15, 0.2) is 36.4 Å². The van der Waals surface area contributed by atoms with E-state index < -0.39 is 5.97 Å². The Hall–Kier alpha value is -2.53. The standard InChI is InChI=1S/C22H25ClN2O3/c1-3-4-5-6-11-28-18-9-7-17(19(23)13-18)14-25-15(2)24-20-10-8-16(22(26)27)12-21(20)25/h7-10,12-13H,3-6,11,14H2,1-2H3,(H,26,27). The van der Waals surface area contributed by atoms with Crippen LogP contribution in [0, 0.1) is 6.92 Å². The second kappa shape index (κ2) is 9.11. The lowest BCUT2D eigenvalue weighted by molar-refractivity contribution is 0.0697. The van der Waals surface area contributed by atoms with E-state index in [0.717, 1.165) is 34.6 Å². The maximum absolute atomic E-state index is 11.3. The molecule has 1 heterocycles. The quantitative estimate of drug-likeness (QED) is 0.467. The number of hydrogen-bond acceptors (Lipinski definition) is 3. The minimum atomic E-state index is -0.953. The summed E-state index contributed by atoms with van der Waals surface area (Å²) in [4.78, 5) is 15.8. The van der Waals surface area contributed by atoms with E-state index in [1.807, 2.05) is 29.7 Å². The van der Waals surface area contributed by atoms with Crippen LogP contribution in [0.3, 0.4) is 0 Å².